The lowest BCUT2D eigenvalue weighted by atomic mass is 9.89. The van der Waals surface area contributed by atoms with Gasteiger partial charge in [0, 0.05) is 12.6 Å². The first-order valence-corrected chi connectivity index (χ1v) is 10.7. The van der Waals surface area contributed by atoms with E-state index in [1.165, 1.54) is 43.4 Å². The number of rotatable bonds is 6. The summed E-state index contributed by atoms with van der Waals surface area (Å²) in [5.41, 5.74) is 0.907. The summed E-state index contributed by atoms with van der Waals surface area (Å²) in [5.74, 6) is 0.837. The van der Waals surface area contributed by atoms with Crippen molar-refractivity contribution in [3.05, 3.63) is 24.3 Å². The summed E-state index contributed by atoms with van der Waals surface area (Å²) in [6, 6.07) is 8.34. The van der Waals surface area contributed by atoms with E-state index >= 15 is 0 Å². The van der Waals surface area contributed by atoms with Crippen LogP contribution < -0.4 is 10.1 Å². The van der Waals surface area contributed by atoms with Crippen molar-refractivity contribution in [1.82, 2.24) is 15.1 Å². The van der Waals surface area contributed by atoms with Crippen LogP contribution in [0.3, 0.4) is 0 Å². The molecule has 0 bridgehead atoms. The van der Waals surface area contributed by atoms with Crippen molar-refractivity contribution >= 4 is 22.4 Å². The quantitative estimate of drug-likeness (QED) is 0.814. The summed E-state index contributed by atoms with van der Waals surface area (Å²) in [6.45, 7) is 3.59. The molecule has 27 heavy (non-hydrogen) atoms. The van der Waals surface area contributed by atoms with Gasteiger partial charge in [-0.1, -0.05) is 42.7 Å². The molecule has 1 aliphatic carbocycles. The number of hydrogen-bond donors (Lipinski definition) is 1. The van der Waals surface area contributed by atoms with Gasteiger partial charge in [0.2, 0.25) is 11.0 Å². The number of para-hydroxylation sites is 1. The van der Waals surface area contributed by atoms with Crippen LogP contribution in [0.5, 0.6) is 5.75 Å². The van der Waals surface area contributed by atoms with E-state index in [0.717, 1.165) is 29.3 Å². The molecule has 0 spiro atoms. The molecule has 1 aromatic heterocycles. The average Bonchev–Trinajstić information content (AvgIpc) is 3.10. The van der Waals surface area contributed by atoms with Gasteiger partial charge in [-0.3, -0.25) is 15.0 Å². The molecule has 2 aliphatic rings. The maximum absolute atomic E-state index is 12.7. The van der Waals surface area contributed by atoms with Crippen LogP contribution in [0.4, 0.5) is 5.13 Å². The Morgan fingerprint density at radius 2 is 2.04 bits per heavy atom. The van der Waals surface area contributed by atoms with E-state index < -0.39 is 0 Å². The van der Waals surface area contributed by atoms with Crippen molar-refractivity contribution in [2.75, 3.05) is 18.5 Å². The normalized spacial score (nSPS) is 20.9. The van der Waals surface area contributed by atoms with Gasteiger partial charge in [0.15, 0.2) is 5.01 Å². The van der Waals surface area contributed by atoms with E-state index in [0.29, 0.717) is 17.8 Å². The molecule has 0 unspecified atom stereocenters. The van der Waals surface area contributed by atoms with Crippen LogP contribution in [0.15, 0.2) is 24.3 Å². The highest BCUT2D eigenvalue weighted by Gasteiger charge is 2.39. The zero-order valence-corrected chi connectivity index (χ0v) is 16.5. The van der Waals surface area contributed by atoms with E-state index in [9.17, 15) is 4.79 Å². The number of benzene rings is 1. The Bertz CT molecular complexity index is 788. The minimum absolute atomic E-state index is 0.0174. The van der Waals surface area contributed by atoms with Crippen molar-refractivity contribution < 1.29 is 9.53 Å². The first-order chi connectivity index (χ1) is 13.3. The standard InChI is InChI=1S/C20H26N4O2S/c1-2-26-17-11-7-6-10-15(17)19-22-23-20(27-19)21-18(25)16-12-13-24(16)14-8-4-3-5-9-14/h6-7,10-11,14,16H,2-5,8-9,12-13H2,1H3,(H,21,23,25)/t16-/m1/s1. The van der Waals surface area contributed by atoms with Crippen LogP contribution in [-0.2, 0) is 4.79 Å². The van der Waals surface area contributed by atoms with Gasteiger partial charge in [0.05, 0.1) is 18.2 Å². The Labute approximate surface area is 163 Å². The molecule has 1 saturated heterocycles. The largest absolute Gasteiger partial charge is 0.493 e. The predicted octanol–water partition coefficient (Wildman–Crippen LogP) is 3.95. The monoisotopic (exact) mass is 386 g/mol. The van der Waals surface area contributed by atoms with Gasteiger partial charge < -0.3 is 4.74 Å². The highest BCUT2D eigenvalue weighted by Crippen LogP contribution is 2.34. The zero-order valence-electron chi connectivity index (χ0n) is 15.7. The summed E-state index contributed by atoms with van der Waals surface area (Å²) >= 11 is 1.39. The molecule has 4 rings (SSSR count). The number of carbonyl (C=O) groups is 1. The van der Waals surface area contributed by atoms with E-state index in [2.05, 4.69) is 20.4 Å². The Morgan fingerprint density at radius 1 is 1.22 bits per heavy atom. The molecule has 1 aromatic carbocycles. The summed E-state index contributed by atoms with van der Waals surface area (Å²) in [6.07, 6.45) is 7.28. The van der Waals surface area contributed by atoms with Gasteiger partial charge in [0.1, 0.15) is 5.75 Å². The number of nitrogens with one attached hydrogen (secondary N) is 1. The SMILES string of the molecule is CCOc1ccccc1-c1nnc(NC(=O)[C@H]2CCN2C2CCCCC2)s1. The summed E-state index contributed by atoms with van der Waals surface area (Å²) < 4.78 is 5.67. The van der Waals surface area contributed by atoms with Gasteiger partial charge in [-0.25, -0.2) is 0 Å². The number of nitrogens with zero attached hydrogens (tertiary/aromatic N) is 3. The number of ether oxygens (including phenoxy) is 1. The van der Waals surface area contributed by atoms with Crippen molar-refractivity contribution in [2.45, 2.75) is 57.5 Å². The van der Waals surface area contributed by atoms with Gasteiger partial charge in [-0.15, -0.1) is 10.2 Å². The second kappa shape index (κ2) is 8.35. The zero-order chi connectivity index (χ0) is 18.6. The molecule has 1 aliphatic heterocycles. The third-order valence-corrected chi connectivity index (χ3v) is 6.35. The van der Waals surface area contributed by atoms with E-state index in [1.807, 2.05) is 31.2 Å². The Hall–Kier alpha value is -1.99. The molecule has 1 amide bonds. The fourth-order valence-corrected chi connectivity index (χ4v) is 4.81. The lowest BCUT2D eigenvalue weighted by Gasteiger charge is -2.46. The molecule has 2 aromatic rings. The van der Waals surface area contributed by atoms with Crippen LogP contribution in [-0.4, -0.2) is 46.2 Å². The highest BCUT2D eigenvalue weighted by molar-refractivity contribution is 7.18. The van der Waals surface area contributed by atoms with Gasteiger partial charge >= 0.3 is 0 Å². The molecule has 7 heteroatoms. The molecule has 1 N–H and O–H groups in total. The molecular formula is C20H26N4O2S. The molecule has 0 radical (unpaired) electrons. The first kappa shape index (κ1) is 18.4. The Balaban J connectivity index is 1.41. The summed E-state index contributed by atoms with van der Waals surface area (Å²) in [7, 11) is 0. The molecule has 6 nitrogen and oxygen atoms in total. The Kier molecular flexibility index (Phi) is 5.69. The van der Waals surface area contributed by atoms with E-state index in [-0.39, 0.29) is 11.9 Å². The van der Waals surface area contributed by atoms with Crippen molar-refractivity contribution in [3.63, 3.8) is 0 Å². The highest BCUT2D eigenvalue weighted by atomic mass is 32.1. The number of aromatic nitrogens is 2. The maximum atomic E-state index is 12.7. The number of likely N-dealkylation sites (tertiary alicyclic amines) is 1. The molecular weight excluding hydrogens is 360 g/mol. The van der Waals surface area contributed by atoms with Gasteiger partial charge in [0.25, 0.3) is 0 Å². The van der Waals surface area contributed by atoms with E-state index in [4.69, 9.17) is 4.74 Å². The van der Waals surface area contributed by atoms with Crippen molar-refractivity contribution in [2.24, 2.45) is 0 Å². The fraction of sp³-hybridized carbons (Fsp3) is 0.550. The Morgan fingerprint density at radius 3 is 2.78 bits per heavy atom. The number of carbonyl (C=O) groups excluding carboxylic acids is 1. The van der Waals surface area contributed by atoms with Crippen LogP contribution in [0.25, 0.3) is 10.6 Å². The lowest BCUT2D eigenvalue weighted by Crippen LogP contribution is -2.58. The van der Waals surface area contributed by atoms with Crippen molar-refractivity contribution in [3.8, 4) is 16.3 Å². The third kappa shape index (κ3) is 3.99. The maximum Gasteiger partial charge on any atom is 0.243 e. The number of amides is 1. The van der Waals surface area contributed by atoms with Gasteiger partial charge in [-0.2, -0.15) is 0 Å². The third-order valence-electron chi connectivity index (χ3n) is 5.48. The van der Waals surface area contributed by atoms with Gasteiger partial charge in [-0.05, 0) is 38.3 Å². The summed E-state index contributed by atoms with van der Waals surface area (Å²) in [5, 5.41) is 12.7. The second-order valence-corrected chi connectivity index (χ2v) is 8.14. The second-order valence-electron chi connectivity index (χ2n) is 7.16. The van der Waals surface area contributed by atoms with E-state index in [1.54, 1.807) is 0 Å². The summed E-state index contributed by atoms with van der Waals surface area (Å²) in [4.78, 5) is 15.1. The molecule has 144 valence electrons. The van der Waals surface area contributed by atoms with Crippen LogP contribution in [0.1, 0.15) is 45.4 Å². The molecule has 2 heterocycles. The molecule has 1 atom stereocenters. The van der Waals surface area contributed by atoms with Crippen LogP contribution in [0, 0.1) is 0 Å². The lowest BCUT2D eigenvalue weighted by molar-refractivity contribution is -0.128. The van der Waals surface area contributed by atoms with Crippen LogP contribution in [0.2, 0.25) is 0 Å². The average molecular weight is 387 g/mol. The first-order valence-electron chi connectivity index (χ1n) is 9.88. The van der Waals surface area contributed by atoms with Crippen molar-refractivity contribution in [1.29, 1.82) is 0 Å². The smallest absolute Gasteiger partial charge is 0.243 e. The number of anilines is 1. The topological polar surface area (TPSA) is 67.4 Å². The molecule has 1 saturated carbocycles. The van der Waals surface area contributed by atoms with Crippen LogP contribution >= 0.6 is 11.3 Å². The fourth-order valence-electron chi connectivity index (χ4n) is 4.03. The minimum atomic E-state index is -0.0174. The molecule has 2 fully saturated rings. The number of hydrogen-bond acceptors (Lipinski definition) is 6. The predicted molar refractivity (Wildman–Crippen MR) is 107 cm³/mol. The minimum Gasteiger partial charge on any atom is -0.493 e.